The Labute approximate surface area is 128 Å². The van der Waals surface area contributed by atoms with Crippen molar-refractivity contribution in [2.45, 2.75) is 25.7 Å². The molecule has 3 aromatic rings. The zero-order valence-electron chi connectivity index (χ0n) is 11.7. The van der Waals surface area contributed by atoms with E-state index >= 15 is 0 Å². The molecule has 1 aliphatic rings. The Morgan fingerprint density at radius 2 is 2.00 bits per heavy atom. The normalized spacial score (nSPS) is 14.6. The zero-order valence-corrected chi connectivity index (χ0v) is 12.4. The fourth-order valence-electron chi connectivity index (χ4n) is 2.52. The van der Waals surface area contributed by atoms with Crippen molar-refractivity contribution in [3.63, 3.8) is 0 Å². The summed E-state index contributed by atoms with van der Waals surface area (Å²) in [6, 6.07) is 10.2. The van der Waals surface area contributed by atoms with Crippen LogP contribution in [0.15, 0.2) is 36.5 Å². The Morgan fingerprint density at radius 1 is 1.14 bits per heavy atom. The Hall–Kier alpha value is -2.00. The topological polar surface area (TPSA) is 38.7 Å². The first kappa shape index (κ1) is 12.7. The molecule has 1 aromatic carbocycles. The summed E-state index contributed by atoms with van der Waals surface area (Å²) in [5.41, 5.74) is 3.86. The summed E-state index contributed by atoms with van der Waals surface area (Å²) in [5, 5.41) is 1.68. The highest BCUT2D eigenvalue weighted by Crippen LogP contribution is 2.40. The van der Waals surface area contributed by atoms with Crippen LogP contribution in [0, 0.1) is 6.92 Å². The van der Waals surface area contributed by atoms with Crippen molar-refractivity contribution in [1.82, 2.24) is 15.0 Å². The summed E-state index contributed by atoms with van der Waals surface area (Å²) in [6.07, 6.45) is 4.14. The molecule has 21 heavy (non-hydrogen) atoms. The van der Waals surface area contributed by atoms with Gasteiger partial charge >= 0.3 is 0 Å². The van der Waals surface area contributed by atoms with Gasteiger partial charge in [-0.05, 0) is 31.9 Å². The van der Waals surface area contributed by atoms with Crippen molar-refractivity contribution in [3.8, 4) is 11.3 Å². The molecule has 0 N–H and O–H groups in total. The van der Waals surface area contributed by atoms with Gasteiger partial charge in [0.25, 0.3) is 0 Å². The second-order valence-electron chi connectivity index (χ2n) is 5.53. The molecular formula is C17H14ClN3. The van der Waals surface area contributed by atoms with Gasteiger partial charge in [-0.25, -0.2) is 9.97 Å². The van der Waals surface area contributed by atoms with Crippen LogP contribution < -0.4 is 0 Å². The second-order valence-corrected chi connectivity index (χ2v) is 5.89. The standard InChI is InChI=1S/C17H14ClN3/c1-10-15(20-17(12-5-6-12)21-16(10)18)13-7-4-11-3-2-8-19-14(11)9-13/h2-4,7-9,12H,5-6H2,1H3. The monoisotopic (exact) mass is 295 g/mol. The molecule has 4 heteroatoms. The van der Waals surface area contributed by atoms with Crippen LogP contribution in [-0.4, -0.2) is 15.0 Å². The maximum absolute atomic E-state index is 6.29. The number of aromatic nitrogens is 3. The highest BCUT2D eigenvalue weighted by Gasteiger charge is 2.28. The molecule has 0 bridgehead atoms. The lowest BCUT2D eigenvalue weighted by molar-refractivity contribution is 0.922. The van der Waals surface area contributed by atoms with Gasteiger partial charge in [-0.3, -0.25) is 4.98 Å². The molecule has 0 aliphatic heterocycles. The quantitative estimate of drug-likeness (QED) is 0.652. The van der Waals surface area contributed by atoms with Crippen molar-refractivity contribution in [2.24, 2.45) is 0 Å². The predicted octanol–water partition coefficient (Wildman–Crippen LogP) is 4.53. The Balaban J connectivity index is 1.90. The van der Waals surface area contributed by atoms with Gasteiger partial charge in [0, 0.05) is 28.6 Å². The molecule has 2 aromatic heterocycles. The van der Waals surface area contributed by atoms with E-state index in [1.807, 2.05) is 19.2 Å². The number of halogens is 1. The predicted molar refractivity (Wildman–Crippen MR) is 84.5 cm³/mol. The maximum atomic E-state index is 6.29. The van der Waals surface area contributed by atoms with E-state index < -0.39 is 0 Å². The number of rotatable bonds is 2. The van der Waals surface area contributed by atoms with Crippen LogP contribution in [0.5, 0.6) is 0 Å². The molecule has 2 heterocycles. The van der Waals surface area contributed by atoms with Crippen molar-refractivity contribution < 1.29 is 0 Å². The Kier molecular flexibility index (Phi) is 2.89. The summed E-state index contributed by atoms with van der Waals surface area (Å²) in [4.78, 5) is 13.6. The van der Waals surface area contributed by atoms with Crippen molar-refractivity contribution in [3.05, 3.63) is 53.1 Å². The van der Waals surface area contributed by atoms with E-state index in [-0.39, 0.29) is 0 Å². The van der Waals surface area contributed by atoms with Gasteiger partial charge in [0.2, 0.25) is 0 Å². The van der Waals surface area contributed by atoms with Crippen LogP contribution in [0.4, 0.5) is 0 Å². The average Bonchev–Trinajstić information content (AvgIpc) is 3.34. The van der Waals surface area contributed by atoms with E-state index in [0.29, 0.717) is 11.1 Å². The van der Waals surface area contributed by atoms with E-state index in [2.05, 4.69) is 34.2 Å². The minimum Gasteiger partial charge on any atom is -0.256 e. The third kappa shape index (κ3) is 2.28. The van der Waals surface area contributed by atoms with Crippen molar-refractivity contribution in [1.29, 1.82) is 0 Å². The smallest absolute Gasteiger partial charge is 0.136 e. The lowest BCUT2D eigenvalue weighted by Crippen LogP contribution is -1.99. The van der Waals surface area contributed by atoms with Gasteiger partial charge in [-0.15, -0.1) is 0 Å². The van der Waals surface area contributed by atoms with Gasteiger partial charge in [0.15, 0.2) is 0 Å². The first-order chi connectivity index (χ1) is 10.2. The zero-order chi connectivity index (χ0) is 14.4. The molecule has 1 saturated carbocycles. The van der Waals surface area contributed by atoms with Crippen molar-refractivity contribution in [2.75, 3.05) is 0 Å². The minimum atomic E-state index is 0.487. The average molecular weight is 296 g/mol. The minimum absolute atomic E-state index is 0.487. The van der Waals surface area contributed by atoms with E-state index in [1.54, 1.807) is 0 Å². The lowest BCUT2D eigenvalue weighted by atomic mass is 10.1. The highest BCUT2D eigenvalue weighted by atomic mass is 35.5. The number of nitrogens with zero attached hydrogens (tertiary/aromatic N) is 3. The van der Waals surface area contributed by atoms with E-state index in [0.717, 1.165) is 46.4 Å². The number of fused-ring (bicyclic) bond motifs is 1. The van der Waals surface area contributed by atoms with Crippen LogP contribution in [0.2, 0.25) is 5.15 Å². The molecule has 0 spiro atoms. The van der Waals surface area contributed by atoms with Crippen molar-refractivity contribution >= 4 is 22.5 Å². The van der Waals surface area contributed by atoms with Crippen LogP contribution >= 0.6 is 11.6 Å². The fraction of sp³-hybridized carbons (Fsp3) is 0.235. The summed E-state index contributed by atoms with van der Waals surface area (Å²) in [6.45, 7) is 1.97. The summed E-state index contributed by atoms with van der Waals surface area (Å²) < 4.78 is 0. The molecule has 0 saturated heterocycles. The fourth-order valence-corrected chi connectivity index (χ4v) is 2.70. The summed E-state index contributed by atoms with van der Waals surface area (Å²) in [5.74, 6) is 1.36. The molecule has 0 radical (unpaired) electrons. The molecule has 0 unspecified atom stereocenters. The van der Waals surface area contributed by atoms with E-state index in [1.165, 1.54) is 0 Å². The number of hydrogen-bond donors (Lipinski definition) is 0. The second kappa shape index (κ2) is 4.78. The first-order valence-electron chi connectivity index (χ1n) is 7.11. The number of hydrogen-bond acceptors (Lipinski definition) is 3. The molecule has 0 atom stereocenters. The van der Waals surface area contributed by atoms with Gasteiger partial charge in [-0.2, -0.15) is 0 Å². The first-order valence-corrected chi connectivity index (χ1v) is 7.49. The molecule has 3 nitrogen and oxygen atoms in total. The molecule has 4 rings (SSSR count). The maximum Gasteiger partial charge on any atom is 0.136 e. The van der Waals surface area contributed by atoms with E-state index in [9.17, 15) is 0 Å². The molecule has 0 amide bonds. The van der Waals surface area contributed by atoms with Crippen LogP contribution in [0.25, 0.3) is 22.2 Å². The van der Waals surface area contributed by atoms with Gasteiger partial charge in [0.1, 0.15) is 11.0 Å². The third-order valence-electron chi connectivity index (χ3n) is 3.93. The summed E-state index contributed by atoms with van der Waals surface area (Å²) >= 11 is 6.29. The SMILES string of the molecule is Cc1c(Cl)nc(C2CC2)nc1-c1ccc2cccnc2c1. The van der Waals surface area contributed by atoms with Gasteiger partial charge < -0.3 is 0 Å². The Bertz CT molecular complexity index is 841. The van der Waals surface area contributed by atoms with Gasteiger partial charge in [0.05, 0.1) is 11.2 Å². The lowest BCUT2D eigenvalue weighted by Gasteiger charge is -2.09. The third-order valence-corrected chi connectivity index (χ3v) is 4.29. The van der Waals surface area contributed by atoms with Crippen LogP contribution in [0.1, 0.15) is 30.1 Å². The largest absolute Gasteiger partial charge is 0.256 e. The molecular weight excluding hydrogens is 282 g/mol. The Morgan fingerprint density at radius 3 is 2.81 bits per heavy atom. The number of benzene rings is 1. The molecule has 1 aliphatic carbocycles. The van der Waals surface area contributed by atoms with Gasteiger partial charge in [-0.1, -0.05) is 29.8 Å². The molecule has 1 fully saturated rings. The van der Waals surface area contributed by atoms with E-state index in [4.69, 9.17) is 16.6 Å². The van der Waals surface area contributed by atoms with Crippen LogP contribution in [-0.2, 0) is 0 Å². The molecule has 104 valence electrons. The van der Waals surface area contributed by atoms with Crippen LogP contribution in [0.3, 0.4) is 0 Å². The number of pyridine rings is 1. The summed E-state index contributed by atoms with van der Waals surface area (Å²) in [7, 11) is 0. The highest BCUT2D eigenvalue weighted by molar-refractivity contribution is 6.30.